The Kier molecular flexibility index (Phi) is 5.72. The van der Waals surface area contributed by atoms with Crippen molar-refractivity contribution in [2.75, 3.05) is 42.9 Å². The molecule has 0 spiro atoms. The Balaban J connectivity index is 1.78. The molecule has 28 heavy (non-hydrogen) atoms. The summed E-state index contributed by atoms with van der Waals surface area (Å²) in [6.07, 6.45) is 0. The van der Waals surface area contributed by atoms with Crippen molar-refractivity contribution in [2.24, 2.45) is 0 Å². The first-order chi connectivity index (χ1) is 13.5. The van der Waals surface area contributed by atoms with Gasteiger partial charge in [-0.3, -0.25) is 15.0 Å². The lowest BCUT2D eigenvalue weighted by Gasteiger charge is -2.35. The lowest BCUT2D eigenvalue weighted by molar-refractivity contribution is -0.383. The van der Waals surface area contributed by atoms with Crippen molar-refractivity contribution >= 4 is 28.7 Å². The number of carboxylic acids is 1. The third kappa shape index (κ3) is 4.36. The summed E-state index contributed by atoms with van der Waals surface area (Å²) in [6, 6.07) is 13.4. The van der Waals surface area contributed by atoms with Crippen molar-refractivity contribution in [3.63, 3.8) is 0 Å². The van der Waals surface area contributed by atoms with Crippen LogP contribution in [0.15, 0.2) is 42.5 Å². The second kappa shape index (κ2) is 8.37. The molecule has 0 atom stereocenters. The first-order valence-corrected chi connectivity index (χ1v) is 8.71. The number of nitro groups is 1. The highest BCUT2D eigenvalue weighted by Gasteiger charge is 2.19. The maximum Gasteiger partial charge on any atom is 0.335 e. The summed E-state index contributed by atoms with van der Waals surface area (Å²) in [7, 11) is 0. The van der Waals surface area contributed by atoms with Gasteiger partial charge >= 0.3 is 5.97 Å². The number of nitrogens with zero attached hydrogens (tertiary/aromatic N) is 4. The van der Waals surface area contributed by atoms with Gasteiger partial charge in [-0.05, 0) is 30.3 Å². The van der Waals surface area contributed by atoms with Crippen molar-refractivity contribution < 1.29 is 14.8 Å². The average molecular weight is 381 g/mol. The molecule has 2 N–H and O–H groups in total. The molecule has 1 fully saturated rings. The Bertz CT molecular complexity index is 932. The Morgan fingerprint density at radius 3 is 2.61 bits per heavy atom. The van der Waals surface area contributed by atoms with Crippen LogP contribution in [-0.2, 0) is 0 Å². The lowest BCUT2D eigenvalue weighted by atomic mass is 10.1. The highest BCUT2D eigenvalue weighted by atomic mass is 16.6. The van der Waals surface area contributed by atoms with Crippen molar-refractivity contribution in [1.29, 1.82) is 5.26 Å². The third-order valence-electron chi connectivity index (χ3n) is 4.60. The van der Waals surface area contributed by atoms with Crippen molar-refractivity contribution in [2.45, 2.75) is 0 Å². The Hall–Kier alpha value is -3.64. The van der Waals surface area contributed by atoms with Gasteiger partial charge in [-0.25, -0.2) is 4.79 Å². The summed E-state index contributed by atoms with van der Waals surface area (Å²) >= 11 is 0. The van der Waals surface area contributed by atoms with E-state index in [1.165, 1.54) is 12.1 Å². The van der Waals surface area contributed by atoms with Gasteiger partial charge in [-0.2, -0.15) is 5.26 Å². The molecule has 0 bridgehead atoms. The van der Waals surface area contributed by atoms with Crippen LogP contribution in [0, 0.1) is 21.4 Å². The summed E-state index contributed by atoms with van der Waals surface area (Å²) in [6.45, 7) is 3.60. The van der Waals surface area contributed by atoms with E-state index in [0.29, 0.717) is 12.2 Å². The van der Waals surface area contributed by atoms with Crippen molar-refractivity contribution in [1.82, 2.24) is 4.90 Å². The van der Waals surface area contributed by atoms with Crippen LogP contribution >= 0.6 is 0 Å². The highest BCUT2D eigenvalue weighted by Crippen LogP contribution is 2.30. The van der Waals surface area contributed by atoms with Crippen molar-refractivity contribution in [3.05, 3.63) is 58.1 Å². The number of nitro benzene ring substituents is 1. The number of nitrogens with one attached hydrogen (secondary N) is 1. The van der Waals surface area contributed by atoms with Gasteiger partial charge in [0.25, 0.3) is 5.69 Å². The quantitative estimate of drug-likeness (QED) is 0.445. The Morgan fingerprint density at radius 2 is 1.96 bits per heavy atom. The number of benzene rings is 2. The molecule has 0 radical (unpaired) electrons. The molecule has 2 aromatic rings. The zero-order valence-electron chi connectivity index (χ0n) is 15.0. The van der Waals surface area contributed by atoms with Crippen molar-refractivity contribution in [3.8, 4) is 6.07 Å². The summed E-state index contributed by atoms with van der Waals surface area (Å²) in [4.78, 5) is 26.1. The number of hydrogen-bond donors (Lipinski definition) is 2. The first kappa shape index (κ1) is 19.1. The van der Waals surface area contributed by atoms with Gasteiger partial charge in [-0.15, -0.1) is 0 Å². The van der Waals surface area contributed by atoms with Gasteiger partial charge in [0, 0.05) is 43.6 Å². The van der Waals surface area contributed by atoms with E-state index in [-0.39, 0.29) is 16.9 Å². The largest absolute Gasteiger partial charge is 0.478 e. The summed E-state index contributed by atoms with van der Waals surface area (Å²) in [5.74, 6) is -1.22. The molecule has 0 amide bonds. The second-order valence-corrected chi connectivity index (χ2v) is 6.39. The number of carbonyl (C=O) groups is 1. The van der Waals surface area contributed by atoms with E-state index in [0.717, 1.165) is 37.9 Å². The number of piperazine rings is 1. The molecular weight excluding hydrogens is 362 g/mol. The number of carboxylic acid groups (broad SMARTS) is 1. The molecule has 3 rings (SSSR count). The van der Waals surface area contributed by atoms with Crippen LogP contribution in [0.2, 0.25) is 0 Å². The van der Waals surface area contributed by atoms with Crippen LogP contribution in [0.1, 0.15) is 10.4 Å². The molecule has 1 saturated heterocycles. The SMILES string of the molecule is N#CCN1CCN(c2cccc(Nc3ccc(C(=O)O)cc3[N+](=O)[O-])c2)CC1. The minimum absolute atomic E-state index is 0.138. The Morgan fingerprint density at radius 1 is 1.21 bits per heavy atom. The zero-order valence-corrected chi connectivity index (χ0v) is 15.0. The van der Waals surface area contributed by atoms with Crippen LogP contribution in [-0.4, -0.2) is 53.6 Å². The molecule has 1 aliphatic rings. The molecule has 144 valence electrons. The van der Waals surface area contributed by atoms with Gasteiger partial charge in [0.05, 0.1) is 23.1 Å². The summed E-state index contributed by atoms with van der Waals surface area (Å²) in [5, 5.41) is 32.2. The third-order valence-corrected chi connectivity index (χ3v) is 4.60. The van der Waals surface area contributed by atoms with Gasteiger partial charge in [0.2, 0.25) is 0 Å². The van der Waals surface area contributed by atoms with Gasteiger partial charge in [0.1, 0.15) is 5.69 Å². The highest BCUT2D eigenvalue weighted by molar-refractivity contribution is 5.90. The van der Waals surface area contributed by atoms with Crippen LogP contribution in [0.3, 0.4) is 0 Å². The minimum Gasteiger partial charge on any atom is -0.478 e. The molecule has 2 aromatic carbocycles. The predicted octanol–water partition coefficient (Wildman–Crippen LogP) is 2.68. The molecule has 1 aliphatic heterocycles. The molecule has 9 heteroatoms. The average Bonchev–Trinajstić information content (AvgIpc) is 2.69. The molecule has 0 saturated carbocycles. The van der Waals surface area contributed by atoms with E-state index in [9.17, 15) is 14.9 Å². The summed E-state index contributed by atoms with van der Waals surface area (Å²) < 4.78 is 0. The summed E-state index contributed by atoms with van der Waals surface area (Å²) in [5.41, 5.74) is 1.44. The number of anilines is 3. The smallest absolute Gasteiger partial charge is 0.335 e. The first-order valence-electron chi connectivity index (χ1n) is 8.71. The fourth-order valence-corrected chi connectivity index (χ4v) is 3.12. The van der Waals surface area contributed by atoms with Crippen LogP contribution < -0.4 is 10.2 Å². The topological polar surface area (TPSA) is 123 Å². The van der Waals surface area contributed by atoms with E-state index < -0.39 is 10.9 Å². The predicted molar refractivity (Wildman–Crippen MR) is 104 cm³/mol. The molecule has 0 aliphatic carbocycles. The van der Waals surface area contributed by atoms with Gasteiger partial charge in [-0.1, -0.05) is 6.07 Å². The van der Waals surface area contributed by atoms with Gasteiger partial charge < -0.3 is 15.3 Å². The van der Waals surface area contributed by atoms with E-state index in [2.05, 4.69) is 21.2 Å². The number of nitriles is 1. The molecule has 0 aromatic heterocycles. The van der Waals surface area contributed by atoms with E-state index in [1.807, 2.05) is 18.2 Å². The molecule has 9 nitrogen and oxygen atoms in total. The maximum absolute atomic E-state index is 11.3. The molecular formula is C19H19N5O4. The normalized spacial score (nSPS) is 14.3. The fourth-order valence-electron chi connectivity index (χ4n) is 3.12. The number of hydrogen-bond acceptors (Lipinski definition) is 7. The number of aromatic carboxylic acids is 1. The molecule has 0 unspecified atom stereocenters. The van der Waals surface area contributed by atoms with Gasteiger partial charge in [0.15, 0.2) is 0 Å². The van der Waals surface area contributed by atoms with Crippen LogP contribution in [0.4, 0.5) is 22.7 Å². The fraction of sp³-hybridized carbons (Fsp3) is 0.263. The van der Waals surface area contributed by atoms with Crippen LogP contribution in [0.25, 0.3) is 0 Å². The lowest BCUT2D eigenvalue weighted by Crippen LogP contribution is -2.46. The van der Waals surface area contributed by atoms with E-state index in [1.54, 1.807) is 6.07 Å². The second-order valence-electron chi connectivity index (χ2n) is 6.39. The minimum atomic E-state index is -1.22. The van der Waals surface area contributed by atoms with E-state index in [4.69, 9.17) is 10.4 Å². The zero-order chi connectivity index (χ0) is 20.1. The van der Waals surface area contributed by atoms with Crippen LogP contribution in [0.5, 0.6) is 0 Å². The molecule has 1 heterocycles. The van der Waals surface area contributed by atoms with E-state index >= 15 is 0 Å². The standard InChI is InChI=1S/C19H19N5O4/c20-6-7-22-8-10-23(11-9-22)16-3-1-2-15(13-16)21-17-5-4-14(19(25)26)12-18(17)24(27)28/h1-5,12-13,21H,7-11H2,(H,25,26). The monoisotopic (exact) mass is 381 g/mol. The maximum atomic E-state index is 11.3. The number of rotatable bonds is 6. The Labute approximate surface area is 161 Å².